The van der Waals surface area contributed by atoms with Crippen LogP contribution in [0.25, 0.3) is 0 Å². The minimum Gasteiger partial charge on any atom is -0.466 e. The lowest BCUT2D eigenvalue weighted by Crippen LogP contribution is -2.56. The van der Waals surface area contributed by atoms with Gasteiger partial charge in [0.1, 0.15) is 0 Å². The molecular weight excluding hydrogens is 388 g/mol. The first kappa shape index (κ1) is 23.0. The standard InChI is InChI=1S/C27H42O4/c1-5-7-24(29)31-15-6-12-27(30)14-11-22-21-9-8-19-17-20(28)16-18(2)26(19,4)23(21)10-13-25(22,27)3/h17-18,21-23,30H,5-16H2,1-4H3/t18-,21-,22-,23-,25-,26-,27-/m0/s1. The van der Waals surface area contributed by atoms with E-state index in [0.29, 0.717) is 48.9 Å². The molecule has 1 N–H and O–H groups in total. The van der Waals surface area contributed by atoms with Gasteiger partial charge < -0.3 is 9.84 Å². The van der Waals surface area contributed by atoms with Gasteiger partial charge in [-0.2, -0.15) is 0 Å². The van der Waals surface area contributed by atoms with Gasteiger partial charge in [-0.15, -0.1) is 0 Å². The van der Waals surface area contributed by atoms with Crippen molar-refractivity contribution in [2.45, 2.75) is 104 Å². The number of rotatable bonds is 6. The summed E-state index contributed by atoms with van der Waals surface area (Å²) in [5, 5.41) is 11.8. The molecule has 0 aliphatic heterocycles. The van der Waals surface area contributed by atoms with E-state index < -0.39 is 5.60 Å². The summed E-state index contributed by atoms with van der Waals surface area (Å²) in [6.07, 6.45) is 11.8. The second kappa shape index (κ2) is 8.32. The molecule has 31 heavy (non-hydrogen) atoms. The van der Waals surface area contributed by atoms with E-state index in [1.165, 1.54) is 5.57 Å². The minimum atomic E-state index is -0.648. The van der Waals surface area contributed by atoms with Crippen LogP contribution in [0, 0.1) is 34.5 Å². The maximum Gasteiger partial charge on any atom is 0.305 e. The van der Waals surface area contributed by atoms with Gasteiger partial charge in [-0.25, -0.2) is 0 Å². The Morgan fingerprint density at radius 3 is 2.68 bits per heavy atom. The molecule has 0 heterocycles. The first-order valence-electron chi connectivity index (χ1n) is 12.8. The molecule has 0 unspecified atom stereocenters. The van der Waals surface area contributed by atoms with Gasteiger partial charge in [0.2, 0.25) is 0 Å². The number of carbonyl (C=O) groups excluding carboxylic acids is 2. The lowest BCUT2D eigenvalue weighted by Gasteiger charge is -2.60. The Hall–Kier alpha value is -1.16. The Bertz CT molecular complexity index is 756. The molecule has 4 heteroatoms. The van der Waals surface area contributed by atoms with Crippen LogP contribution >= 0.6 is 0 Å². The third-order valence-electron chi connectivity index (χ3n) is 10.3. The number of ketones is 1. The topological polar surface area (TPSA) is 63.6 Å². The summed E-state index contributed by atoms with van der Waals surface area (Å²) in [5.41, 5.74) is 0.854. The molecule has 0 saturated heterocycles. The van der Waals surface area contributed by atoms with E-state index in [-0.39, 0.29) is 16.8 Å². The molecule has 4 rings (SSSR count). The van der Waals surface area contributed by atoms with Gasteiger partial charge >= 0.3 is 5.97 Å². The van der Waals surface area contributed by atoms with E-state index in [1.807, 2.05) is 13.0 Å². The van der Waals surface area contributed by atoms with E-state index >= 15 is 0 Å². The lowest BCUT2D eigenvalue weighted by atomic mass is 9.44. The van der Waals surface area contributed by atoms with E-state index in [0.717, 1.165) is 57.8 Å². The van der Waals surface area contributed by atoms with Crippen molar-refractivity contribution in [2.24, 2.45) is 34.5 Å². The van der Waals surface area contributed by atoms with E-state index in [4.69, 9.17) is 4.74 Å². The highest BCUT2D eigenvalue weighted by molar-refractivity contribution is 5.92. The van der Waals surface area contributed by atoms with Crippen LogP contribution in [0.15, 0.2) is 11.6 Å². The predicted octanol–water partition coefficient (Wildman–Crippen LogP) is 5.62. The average Bonchev–Trinajstić information content (AvgIpc) is 2.98. The molecule has 4 aliphatic carbocycles. The van der Waals surface area contributed by atoms with Crippen molar-refractivity contribution in [2.75, 3.05) is 6.61 Å². The molecule has 0 spiro atoms. The van der Waals surface area contributed by atoms with Crippen LogP contribution in [0.4, 0.5) is 0 Å². The summed E-state index contributed by atoms with van der Waals surface area (Å²) in [6, 6.07) is 0. The summed E-state index contributed by atoms with van der Waals surface area (Å²) >= 11 is 0. The number of aliphatic hydroxyl groups is 1. The Morgan fingerprint density at radius 2 is 1.94 bits per heavy atom. The van der Waals surface area contributed by atoms with E-state index in [2.05, 4.69) is 20.8 Å². The third-order valence-corrected chi connectivity index (χ3v) is 10.3. The molecule has 0 aromatic carbocycles. The van der Waals surface area contributed by atoms with Crippen LogP contribution in [0.2, 0.25) is 0 Å². The summed E-state index contributed by atoms with van der Waals surface area (Å²) in [7, 11) is 0. The van der Waals surface area contributed by atoms with Gasteiger partial charge in [-0.05, 0) is 98.4 Å². The first-order valence-corrected chi connectivity index (χ1v) is 12.8. The molecular formula is C27H42O4. The summed E-state index contributed by atoms with van der Waals surface area (Å²) in [5.74, 6) is 2.44. The monoisotopic (exact) mass is 430 g/mol. The molecule has 0 radical (unpaired) electrons. The molecule has 174 valence electrons. The Balaban J connectivity index is 1.47. The van der Waals surface area contributed by atoms with Crippen LogP contribution in [-0.2, 0) is 14.3 Å². The van der Waals surface area contributed by atoms with Crippen molar-refractivity contribution in [3.63, 3.8) is 0 Å². The van der Waals surface area contributed by atoms with Gasteiger partial charge in [0.05, 0.1) is 12.2 Å². The smallest absolute Gasteiger partial charge is 0.305 e. The normalized spacial score (nSPS) is 44.2. The maximum atomic E-state index is 12.2. The second-order valence-electron chi connectivity index (χ2n) is 11.5. The zero-order valence-corrected chi connectivity index (χ0v) is 20.0. The zero-order valence-electron chi connectivity index (χ0n) is 20.0. The number of ether oxygens (including phenoxy) is 1. The van der Waals surface area contributed by atoms with Crippen molar-refractivity contribution in [3.05, 3.63) is 11.6 Å². The Kier molecular flexibility index (Phi) is 6.17. The van der Waals surface area contributed by atoms with Gasteiger partial charge in [0.15, 0.2) is 5.78 Å². The van der Waals surface area contributed by atoms with Crippen LogP contribution in [-0.4, -0.2) is 29.1 Å². The van der Waals surface area contributed by atoms with Gasteiger partial charge in [0.25, 0.3) is 0 Å². The Morgan fingerprint density at radius 1 is 1.19 bits per heavy atom. The van der Waals surface area contributed by atoms with Crippen molar-refractivity contribution in [1.82, 2.24) is 0 Å². The highest BCUT2D eigenvalue weighted by atomic mass is 16.5. The highest BCUT2D eigenvalue weighted by Crippen LogP contribution is 2.68. The fraction of sp³-hybridized carbons (Fsp3) is 0.852. The zero-order chi connectivity index (χ0) is 22.4. The van der Waals surface area contributed by atoms with E-state index in [9.17, 15) is 14.7 Å². The van der Waals surface area contributed by atoms with Crippen LogP contribution in [0.5, 0.6) is 0 Å². The molecule has 0 aromatic rings. The molecule has 7 atom stereocenters. The maximum absolute atomic E-state index is 12.2. The largest absolute Gasteiger partial charge is 0.466 e. The van der Waals surface area contributed by atoms with E-state index in [1.54, 1.807) is 0 Å². The molecule has 0 bridgehead atoms. The van der Waals surface area contributed by atoms with Gasteiger partial charge in [-0.3, -0.25) is 9.59 Å². The number of fused-ring (bicyclic) bond motifs is 5. The number of hydrogen-bond donors (Lipinski definition) is 1. The summed E-state index contributed by atoms with van der Waals surface area (Å²) in [4.78, 5) is 23.9. The first-order chi connectivity index (χ1) is 14.7. The number of hydrogen-bond acceptors (Lipinski definition) is 4. The van der Waals surface area contributed by atoms with Crippen molar-refractivity contribution in [3.8, 4) is 0 Å². The molecule has 4 nitrogen and oxygen atoms in total. The third kappa shape index (κ3) is 3.61. The van der Waals surface area contributed by atoms with Gasteiger partial charge in [-0.1, -0.05) is 33.3 Å². The second-order valence-corrected chi connectivity index (χ2v) is 11.5. The van der Waals surface area contributed by atoms with Gasteiger partial charge in [0, 0.05) is 12.8 Å². The number of esters is 1. The quantitative estimate of drug-likeness (QED) is 0.439. The molecule has 0 aromatic heterocycles. The van der Waals surface area contributed by atoms with Crippen LogP contribution in [0.3, 0.4) is 0 Å². The lowest BCUT2D eigenvalue weighted by molar-refractivity contribution is -0.148. The summed E-state index contributed by atoms with van der Waals surface area (Å²) < 4.78 is 5.35. The SMILES string of the molecule is CCCC(=O)OCCC[C@]1(O)CC[C@H]2[C@@H]3CCC4=CC(=O)C[C@H](C)[C@]4(C)[C@H]3CC[C@@]21C. The molecule has 3 fully saturated rings. The fourth-order valence-electron chi connectivity index (χ4n) is 8.29. The fourth-order valence-corrected chi connectivity index (χ4v) is 8.29. The average molecular weight is 431 g/mol. The number of carbonyl (C=O) groups is 2. The molecule has 3 saturated carbocycles. The molecule has 4 aliphatic rings. The van der Waals surface area contributed by atoms with Crippen molar-refractivity contribution < 1.29 is 19.4 Å². The number of allylic oxidation sites excluding steroid dienone is 1. The minimum absolute atomic E-state index is 0.0487. The predicted molar refractivity (Wildman–Crippen MR) is 121 cm³/mol. The van der Waals surface area contributed by atoms with Crippen LogP contribution in [0.1, 0.15) is 98.3 Å². The summed E-state index contributed by atoms with van der Waals surface area (Å²) in [6.45, 7) is 9.46. The Labute approximate surface area is 188 Å². The highest BCUT2D eigenvalue weighted by Gasteiger charge is 2.64. The molecule has 0 amide bonds. The van der Waals surface area contributed by atoms with Crippen LogP contribution < -0.4 is 0 Å². The van der Waals surface area contributed by atoms with Crippen molar-refractivity contribution in [1.29, 1.82) is 0 Å². The van der Waals surface area contributed by atoms with Crippen molar-refractivity contribution >= 4 is 11.8 Å².